The average molecular weight is 257 g/mol. The normalized spacial score (nSPS) is 19.3. The van der Waals surface area contributed by atoms with Crippen molar-refractivity contribution in [3.8, 4) is 11.3 Å². The second kappa shape index (κ2) is 5.45. The Bertz CT molecular complexity index is 565. The van der Waals surface area contributed by atoms with Crippen LogP contribution in [0, 0.1) is 5.82 Å². The van der Waals surface area contributed by atoms with Crippen molar-refractivity contribution in [2.45, 2.75) is 18.8 Å². The predicted octanol–water partition coefficient (Wildman–Crippen LogP) is 2.75. The van der Waals surface area contributed by atoms with Gasteiger partial charge in [-0.25, -0.2) is 4.39 Å². The third-order valence-electron chi connectivity index (χ3n) is 3.51. The first-order chi connectivity index (χ1) is 9.34. The molecule has 3 rings (SSSR count). The quantitative estimate of drug-likeness (QED) is 0.899. The first kappa shape index (κ1) is 12.2. The molecule has 19 heavy (non-hydrogen) atoms. The summed E-state index contributed by atoms with van der Waals surface area (Å²) in [6.45, 7) is 1.98. The zero-order valence-electron chi connectivity index (χ0n) is 10.6. The van der Waals surface area contributed by atoms with Crippen LogP contribution in [0.1, 0.15) is 24.5 Å². The van der Waals surface area contributed by atoms with Crippen LogP contribution in [0.4, 0.5) is 4.39 Å². The third-order valence-corrected chi connectivity index (χ3v) is 3.51. The van der Waals surface area contributed by atoms with E-state index in [2.05, 4.69) is 15.3 Å². The van der Waals surface area contributed by atoms with Crippen LogP contribution in [0.15, 0.2) is 36.7 Å². The number of nitrogens with one attached hydrogen (secondary N) is 1. The van der Waals surface area contributed by atoms with Crippen LogP contribution in [0.3, 0.4) is 0 Å². The van der Waals surface area contributed by atoms with Gasteiger partial charge in [-0.15, -0.1) is 0 Å². The molecule has 0 spiro atoms. The summed E-state index contributed by atoms with van der Waals surface area (Å²) < 4.78 is 13.4. The third kappa shape index (κ3) is 2.63. The molecule has 2 aromatic rings. The van der Waals surface area contributed by atoms with Gasteiger partial charge in [0.05, 0.1) is 11.4 Å². The minimum atomic E-state index is -0.240. The van der Waals surface area contributed by atoms with Crippen LogP contribution >= 0.6 is 0 Å². The lowest BCUT2D eigenvalue weighted by atomic mass is 9.92. The molecule has 1 aromatic heterocycles. The van der Waals surface area contributed by atoms with Crippen molar-refractivity contribution < 1.29 is 4.39 Å². The maximum absolute atomic E-state index is 13.4. The Hall–Kier alpha value is -1.81. The van der Waals surface area contributed by atoms with E-state index in [1.54, 1.807) is 18.5 Å². The minimum absolute atomic E-state index is 0.240. The summed E-state index contributed by atoms with van der Waals surface area (Å²) in [4.78, 5) is 8.89. The molecule has 1 N–H and O–H groups in total. The summed E-state index contributed by atoms with van der Waals surface area (Å²) in [6, 6.07) is 6.56. The molecular formula is C15H16FN3. The first-order valence-electron chi connectivity index (χ1n) is 6.62. The topological polar surface area (TPSA) is 37.8 Å². The van der Waals surface area contributed by atoms with Gasteiger partial charge in [0.25, 0.3) is 0 Å². The summed E-state index contributed by atoms with van der Waals surface area (Å²) >= 11 is 0. The summed E-state index contributed by atoms with van der Waals surface area (Å²) in [6.07, 6.45) is 5.63. The van der Waals surface area contributed by atoms with Gasteiger partial charge in [-0.2, -0.15) is 0 Å². The van der Waals surface area contributed by atoms with Crippen LogP contribution in [-0.2, 0) is 0 Å². The van der Waals surface area contributed by atoms with E-state index in [1.807, 2.05) is 6.07 Å². The molecule has 1 aromatic carbocycles. The highest BCUT2D eigenvalue weighted by Crippen LogP contribution is 2.29. The summed E-state index contributed by atoms with van der Waals surface area (Å²) in [5.41, 5.74) is 2.57. The molecule has 0 aliphatic carbocycles. The Morgan fingerprint density at radius 2 is 2.11 bits per heavy atom. The number of halogens is 1. The maximum Gasteiger partial charge on any atom is 0.123 e. The fourth-order valence-electron chi connectivity index (χ4n) is 2.59. The molecule has 0 bridgehead atoms. The van der Waals surface area contributed by atoms with Crippen molar-refractivity contribution in [3.05, 3.63) is 48.2 Å². The highest BCUT2D eigenvalue weighted by Gasteiger charge is 2.21. The standard InChI is InChI=1S/C15H16FN3/c16-13-5-1-3-11(9-13)14-15(19-8-7-18-14)12-4-2-6-17-10-12/h1,3,5,7-9,12,17H,2,4,6,10H2/t12-/m0/s1. The average Bonchev–Trinajstić information content (AvgIpc) is 2.48. The van der Waals surface area contributed by atoms with Gasteiger partial charge in [-0.3, -0.25) is 9.97 Å². The van der Waals surface area contributed by atoms with Crippen LogP contribution < -0.4 is 5.32 Å². The van der Waals surface area contributed by atoms with E-state index in [0.29, 0.717) is 5.92 Å². The molecule has 1 fully saturated rings. The van der Waals surface area contributed by atoms with Gasteiger partial charge >= 0.3 is 0 Å². The van der Waals surface area contributed by atoms with Gasteiger partial charge in [0.1, 0.15) is 5.82 Å². The Balaban J connectivity index is 2.01. The Labute approximate surface area is 111 Å². The molecule has 1 aliphatic heterocycles. The molecule has 1 aliphatic rings. The van der Waals surface area contributed by atoms with Crippen molar-refractivity contribution in [2.24, 2.45) is 0 Å². The van der Waals surface area contributed by atoms with Gasteiger partial charge in [0.2, 0.25) is 0 Å². The predicted molar refractivity (Wildman–Crippen MR) is 72.3 cm³/mol. The number of rotatable bonds is 2. The van der Waals surface area contributed by atoms with Crippen molar-refractivity contribution in [1.82, 2.24) is 15.3 Å². The van der Waals surface area contributed by atoms with E-state index in [4.69, 9.17) is 0 Å². The number of hydrogen-bond acceptors (Lipinski definition) is 3. The lowest BCUT2D eigenvalue weighted by molar-refractivity contribution is 0.454. The van der Waals surface area contributed by atoms with Gasteiger partial charge in [0, 0.05) is 30.4 Å². The highest BCUT2D eigenvalue weighted by molar-refractivity contribution is 5.62. The Morgan fingerprint density at radius 1 is 1.21 bits per heavy atom. The molecule has 0 unspecified atom stereocenters. The van der Waals surface area contributed by atoms with Crippen molar-refractivity contribution in [3.63, 3.8) is 0 Å². The zero-order valence-corrected chi connectivity index (χ0v) is 10.6. The second-order valence-electron chi connectivity index (χ2n) is 4.84. The first-order valence-corrected chi connectivity index (χ1v) is 6.62. The Kier molecular flexibility index (Phi) is 3.51. The molecule has 3 nitrogen and oxygen atoms in total. The maximum atomic E-state index is 13.4. The Morgan fingerprint density at radius 3 is 2.89 bits per heavy atom. The molecule has 2 heterocycles. The molecule has 4 heteroatoms. The van der Waals surface area contributed by atoms with E-state index in [9.17, 15) is 4.39 Å². The molecule has 0 amide bonds. The lowest BCUT2D eigenvalue weighted by Crippen LogP contribution is -2.29. The smallest absolute Gasteiger partial charge is 0.123 e. The fourth-order valence-corrected chi connectivity index (χ4v) is 2.59. The number of benzene rings is 1. The summed E-state index contributed by atoms with van der Waals surface area (Å²) in [5.74, 6) is 0.122. The number of piperidine rings is 1. The number of aromatic nitrogens is 2. The molecule has 1 atom stereocenters. The highest BCUT2D eigenvalue weighted by atomic mass is 19.1. The second-order valence-corrected chi connectivity index (χ2v) is 4.84. The van der Waals surface area contributed by atoms with Crippen LogP contribution in [0.5, 0.6) is 0 Å². The van der Waals surface area contributed by atoms with Crippen molar-refractivity contribution in [1.29, 1.82) is 0 Å². The van der Waals surface area contributed by atoms with E-state index in [0.717, 1.165) is 42.9 Å². The van der Waals surface area contributed by atoms with E-state index >= 15 is 0 Å². The van der Waals surface area contributed by atoms with Gasteiger partial charge in [-0.05, 0) is 31.5 Å². The molecular weight excluding hydrogens is 241 g/mol. The number of nitrogens with zero attached hydrogens (tertiary/aromatic N) is 2. The molecule has 0 radical (unpaired) electrons. The van der Waals surface area contributed by atoms with Crippen LogP contribution in [-0.4, -0.2) is 23.1 Å². The van der Waals surface area contributed by atoms with Gasteiger partial charge in [0.15, 0.2) is 0 Å². The summed E-state index contributed by atoms with van der Waals surface area (Å²) in [5, 5.41) is 3.38. The van der Waals surface area contributed by atoms with Crippen molar-refractivity contribution >= 4 is 0 Å². The van der Waals surface area contributed by atoms with Crippen molar-refractivity contribution in [2.75, 3.05) is 13.1 Å². The zero-order chi connectivity index (χ0) is 13.1. The van der Waals surface area contributed by atoms with Crippen LogP contribution in [0.2, 0.25) is 0 Å². The fraction of sp³-hybridized carbons (Fsp3) is 0.333. The lowest BCUT2D eigenvalue weighted by Gasteiger charge is -2.23. The molecule has 98 valence electrons. The number of hydrogen-bond donors (Lipinski definition) is 1. The monoisotopic (exact) mass is 257 g/mol. The largest absolute Gasteiger partial charge is 0.316 e. The van der Waals surface area contributed by atoms with E-state index in [1.165, 1.54) is 12.1 Å². The van der Waals surface area contributed by atoms with Crippen LogP contribution in [0.25, 0.3) is 11.3 Å². The minimum Gasteiger partial charge on any atom is -0.316 e. The van der Waals surface area contributed by atoms with E-state index < -0.39 is 0 Å². The SMILES string of the molecule is Fc1cccc(-c2nccnc2[C@H]2CCCNC2)c1. The van der Waals surface area contributed by atoms with E-state index in [-0.39, 0.29) is 5.82 Å². The van der Waals surface area contributed by atoms with Gasteiger partial charge in [-0.1, -0.05) is 12.1 Å². The molecule has 1 saturated heterocycles. The summed E-state index contributed by atoms with van der Waals surface area (Å²) in [7, 11) is 0. The molecule has 0 saturated carbocycles. The van der Waals surface area contributed by atoms with Gasteiger partial charge < -0.3 is 5.32 Å².